The second-order valence-corrected chi connectivity index (χ2v) is 6.03. The molecule has 1 saturated heterocycles. The summed E-state index contributed by atoms with van der Waals surface area (Å²) in [6, 6.07) is 17.5. The second-order valence-electron chi connectivity index (χ2n) is 6.03. The van der Waals surface area contributed by atoms with Crippen molar-refractivity contribution in [1.29, 1.82) is 0 Å². The van der Waals surface area contributed by atoms with Crippen molar-refractivity contribution < 1.29 is 19.1 Å². The zero-order chi connectivity index (χ0) is 18.4. The number of esters is 1. The fraction of sp³-hybridized carbons (Fsp3) is 0.250. The van der Waals surface area contributed by atoms with Crippen molar-refractivity contribution in [3.63, 3.8) is 0 Å². The number of nitrogens with zero attached hydrogens (tertiary/aromatic N) is 1. The molecule has 3 amide bonds. The number of hydrogen-bond donors (Lipinski definition) is 1. The Bertz CT molecular complexity index is 771. The number of amides is 3. The molecule has 0 aromatic heterocycles. The first-order valence-electron chi connectivity index (χ1n) is 8.51. The predicted molar refractivity (Wildman–Crippen MR) is 96.0 cm³/mol. The molecule has 0 atom stereocenters. The summed E-state index contributed by atoms with van der Waals surface area (Å²) in [4.78, 5) is 35.7. The molecule has 1 aliphatic rings. The summed E-state index contributed by atoms with van der Waals surface area (Å²) in [7, 11) is 0. The van der Waals surface area contributed by atoms with Crippen molar-refractivity contribution in [3.8, 4) is 11.1 Å². The Morgan fingerprint density at radius 3 is 2.35 bits per heavy atom. The van der Waals surface area contributed by atoms with Crippen molar-refractivity contribution in [2.75, 3.05) is 13.1 Å². The third-order valence-corrected chi connectivity index (χ3v) is 4.16. The maximum absolute atomic E-state index is 11.8. The van der Waals surface area contributed by atoms with Crippen LogP contribution < -0.4 is 5.32 Å². The lowest BCUT2D eigenvalue weighted by Gasteiger charge is -2.11. The van der Waals surface area contributed by atoms with Gasteiger partial charge in [0.1, 0.15) is 6.61 Å². The zero-order valence-corrected chi connectivity index (χ0v) is 14.3. The third kappa shape index (κ3) is 4.47. The van der Waals surface area contributed by atoms with Crippen LogP contribution in [0.15, 0.2) is 54.6 Å². The Labute approximate surface area is 151 Å². The Morgan fingerprint density at radius 1 is 1.00 bits per heavy atom. The largest absolute Gasteiger partial charge is 0.461 e. The SMILES string of the molecule is O=C(CCCN1C(=O)CNC1=O)OCc1ccc(-c2ccccc2)cc1. The topological polar surface area (TPSA) is 75.7 Å². The number of carbonyl (C=O) groups excluding carboxylic acids is 3. The summed E-state index contributed by atoms with van der Waals surface area (Å²) in [6.45, 7) is 0.463. The Hall–Kier alpha value is -3.15. The molecule has 0 bridgehead atoms. The van der Waals surface area contributed by atoms with E-state index in [0.29, 0.717) is 6.42 Å². The van der Waals surface area contributed by atoms with Crippen molar-refractivity contribution in [2.45, 2.75) is 19.4 Å². The van der Waals surface area contributed by atoms with Gasteiger partial charge in [-0.2, -0.15) is 0 Å². The molecule has 0 spiro atoms. The van der Waals surface area contributed by atoms with Crippen molar-refractivity contribution >= 4 is 17.9 Å². The van der Waals surface area contributed by atoms with Gasteiger partial charge in [-0.15, -0.1) is 0 Å². The first-order valence-corrected chi connectivity index (χ1v) is 8.51. The zero-order valence-electron chi connectivity index (χ0n) is 14.3. The fourth-order valence-electron chi connectivity index (χ4n) is 2.72. The molecule has 6 heteroatoms. The van der Waals surface area contributed by atoms with Crippen LogP contribution in [0, 0.1) is 0 Å². The lowest BCUT2D eigenvalue weighted by molar-refractivity contribution is -0.145. The summed E-state index contributed by atoms with van der Waals surface area (Å²) in [5, 5.41) is 2.44. The van der Waals surface area contributed by atoms with Crippen LogP contribution in [0.2, 0.25) is 0 Å². The minimum absolute atomic E-state index is 0.0300. The van der Waals surface area contributed by atoms with Gasteiger partial charge in [-0.05, 0) is 23.1 Å². The van der Waals surface area contributed by atoms with Crippen LogP contribution in [0.3, 0.4) is 0 Å². The van der Waals surface area contributed by atoms with Crippen LogP contribution in [-0.2, 0) is 20.9 Å². The smallest absolute Gasteiger partial charge is 0.324 e. The highest BCUT2D eigenvalue weighted by Crippen LogP contribution is 2.19. The van der Waals surface area contributed by atoms with E-state index in [1.54, 1.807) is 0 Å². The van der Waals surface area contributed by atoms with Gasteiger partial charge in [0.05, 0.1) is 6.54 Å². The lowest BCUT2D eigenvalue weighted by Crippen LogP contribution is -2.32. The van der Waals surface area contributed by atoms with Gasteiger partial charge in [0.15, 0.2) is 0 Å². The first-order chi connectivity index (χ1) is 12.6. The molecule has 1 N–H and O–H groups in total. The Kier molecular flexibility index (Phi) is 5.63. The van der Waals surface area contributed by atoms with Gasteiger partial charge < -0.3 is 10.1 Å². The molecule has 0 radical (unpaired) electrons. The summed E-state index contributed by atoms with van der Waals surface area (Å²) in [6.07, 6.45) is 0.560. The standard InChI is InChI=1S/C20H20N2O4/c23-18-13-21-20(25)22(18)12-4-7-19(24)26-14-15-8-10-17(11-9-15)16-5-2-1-3-6-16/h1-3,5-6,8-11H,4,7,12-14H2,(H,21,25). The highest BCUT2D eigenvalue weighted by molar-refractivity contribution is 6.01. The third-order valence-electron chi connectivity index (χ3n) is 4.16. The van der Waals surface area contributed by atoms with Gasteiger partial charge in [0.25, 0.3) is 0 Å². The van der Waals surface area contributed by atoms with E-state index in [1.807, 2.05) is 54.6 Å². The quantitative estimate of drug-likeness (QED) is 0.614. The second kappa shape index (κ2) is 8.29. The van der Waals surface area contributed by atoms with Crippen molar-refractivity contribution in [3.05, 3.63) is 60.2 Å². The van der Waals surface area contributed by atoms with E-state index in [9.17, 15) is 14.4 Å². The average molecular weight is 352 g/mol. The number of urea groups is 1. The predicted octanol–water partition coefficient (Wildman–Crippen LogP) is 2.73. The van der Waals surface area contributed by atoms with Crippen LogP contribution >= 0.6 is 0 Å². The van der Waals surface area contributed by atoms with E-state index >= 15 is 0 Å². The monoisotopic (exact) mass is 352 g/mol. The van der Waals surface area contributed by atoms with Gasteiger partial charge in [-0.1, -0.05) is 54.6 Å². The molecule has 3 rings (SSSR count). The van der Waals surface area contributed by atoms with Gasteiger partial charge in [0, 0.05) is 13.0 Å². The van der Waals surface area contributed by atoms with Gasteiger partial charge in [-0.25, -0.2) is 4.79 Å². The average Bonchev–Trinajstić information content (AvgIpc) is 2.99. The van der Waals surface area contributed by atoms with E-state index in [4.69, 9.17) is 4.74 Å². The molecule has 134 valence electrons. The van der Waals surface area contributed by atoms with E-state index in [2.05, 4.69) is 5.32 Å². The van der Waals surface area contributed by atoms with Crippen LogP contribution in [0.5, 0.6) is 0 Å². The molecule has 0 aliphatic carbocycles. The fourth-order valence-corrected chi connectivity index (χ4v) is 2.72. The van der Waals surface area contributed by atoms with Crippen LogP contribution in [0.25, 0.3) is 11.1 Å². The molecule has 0 unspecified atom stereocenters. The summed E-state index contributed by atoms with van der Waals surface area (Å²) in [5.41, 5.74) is 3.15. The number of benzene rings is 2. The summed E-state index contributed by atoms with van der Waals surface area (Å²) in [5.74, 6) is -0.605. The number of rotatable bonds is 7. The van der Waals surface area contributed by atoms with Crippen molar-refractivity contribution in [1.82, 2.24) is 10.2 Å². The number of hydrogen-bond acceptors (Lipinski definition) is 4. The maximum atomic E-state index is 11.8. The normalized spacial score (nSPS) is 13.6. The van der Waals surface area contributed by atoms with Gasteiger partial charge >= 0.3 is 12.0 Å². The van der Waals surface area contributed by atoms with Crippen LogP contribution in [-0.4, -0.2) is 35.9 Å². The molecule has 1 heterocycles. The molecule has 1 fully saturated rings. The number of carbonyl (C=O) groups is 3. The lowest BCUT2D eigenvalue weighted by atomic mass is 10.0. The van der Waals surface area contributed by atoms with Crippen LogP contribution in [0.1, 0.15) is 18.4 Å². The Morgan fingerprint density at radius 2 is 1.69 bits per heavy atom. The van der Waals surface area contributed by atoms with Gasteiger partial charge in [0.2, 0.25) is 5.91 Å². The Balaban J connectivity index is 1.41. The molecule has 2 aromatic rings. The van der Waals surface area contributed by atoms with Crippen molar-refractivity contribution in [2.24, 2.45) is 0 Å². The minimum atomic E-state index is -0.401. The minimum Gasteiger partial charge on any atom is -0.461 e. The van der Waals surface area contributed by atoms with E-state index in [0.717, 1.165) is 21.6 Å². The highest BCUT2D eigenvalue weighted by Gasteiger charge is 2.27. The number of ether oxygens (including phenoxy) is 1. The highest BCUT2D eigenvalue weighted by atomic mass is 16.5. The first kappa shape index (κ1) is 17.7. The molecular weight excluding hydrogens is 332 g/mol. The molecule has 2 aromatic carbocycles. The molecule has 0 saturated carbocycles. The van der Waals surface area contributed by atoms with Gasteiger partial charge in [-0.3, -0.25) is 14.5 Å². The summed E-state index contributed by atoms with van der Waals surface area (Å²) >= 11 is 0. The number of imide groups is 1. The maximum Gasteiger partial charge on any atom is 0.324 e. The molecule has 1 aliphatic heterocycles. The molecular formula is C20H20N2O4. The van der Waals surface area contributed by atoms with E-state index in [1.165, 1.54) is 0 Å². The summed E-state index contributed by atoms with van der Waals surface area (Å²) < 4.78 is 5.25. The van der Waals surface area contributed by atoms with E-state index in [-0.39, 0.29) is 38.0 Å². The molecule has 26 heavy (non-hydrogen) atoms. The molecule has 6 nitrogen and oxygen atoms in total. The van der Waals surface area contributed by atoms with E-state index < -0.39 is 6.03 Å². The number of nitrogens with one attached hydrogen (secondary N) is 1. The van der Waals surface area contributed by atoms with Crippen LogP contribution in [0.4, 0.5) is 4.79 Å².